The Kier molecular flexibility index (Phi) is 4.49. The fourth-order valence-electron chi connectivity index (χ4n) is 3.52. The number of thiocarbonyl (C=S) groups is 1. The molecule has 1 amide bonds. The van der Waals surface area contributed by atoms with E-state index in [2.05, 4.69) is 10.4 Å². The van der Waals surface area contributed by atoms with Gasteiger partial charge in [-0.2, -0.15) is 5.10 Å². The zero-order valence-corrected chi connectivity index (χ0v) is 16.0. The Morgan fingerprint density at radius 1 is 1.04 bits per heavy atom. The van der Waals surface area contributed by atoms with Crippen molar-refractivity contribution in [1.82, 2.24) is 20.0 Å². The summed E-state index contributed by atoms with van der Waals surface area (Å²) in [7, 11) is 0. The van der Waals surface area contributed by atoms with Gasteiger partial charge >= 0.3 is 0 Å². The fraction of sp³-hybridized carbons (Fsp3) is 0.190. The number of hydrogen-bond acceptors (Lipinski definition) is 3. The molecular weight excluding hydrogens is 356 g/mol. The zero-order valence-electron chi connectivity index (χ0n) is 15.2. The Balaban J connectivity index is 1.66. The average Bonchev–Trinajstić information content (AvgIpc) is 3.13. The molecule has 6 heteroatoms. The van der Waals surface area contributed by atoms with E-state index >= 15 is 0 Å². The number of aryl methyl sites for hydroxylation is 1. The summed E-state index contributed by atoms with van der Waals surface area (Å²) in [5, 5.41) is 8.31. The normalized spacial score (nSPS) is 16.7. The third kappa shape index (κ3) is 3.13. The predicted molar refractivity (Wildman–Crippen MR) is 109 cm³/mol. The van der Waals surface area contributed by atoms with Gasteiger partial charge in [0.25, 0.3) is 5.91 Å². The van der Waals surface area contributed by atoms with E-state index in [-0.39, 0.29) is 5.91 Å². The standard InChI is InChI=1S/C21H20N4OS/c1-14-18(15(2)25(23-14)17-11-7-4-8-12-17)19-20(26)24(21(27)22-19)13-16-9-5-3-6-10-16/h3-12,19H,13H2,1-2H3,(H,22,27)/t19-/m0/s1. The molecule has 5 nitrogen and oxygen atoms in total. The number of carbonyl (C=O) groups is 1. The van der Waals surface area contributed by atoms with Gasteiger partial charge in [-0.05, 0) is 43.8 Å². The number of nitrogens with zero attached hydrogens (tertiary/aromatic N) is 3. The molecule has 0 saturated carbocycles. The maximum Gasteiger partial charge on any atom is 0.256 e. The number of carbonyl (C=O) groups excluding carboxylic acids is 1. The Hall–Kier alpha value is -2.99. The number of aromatic nitrogens is 2. The molecule has 0 aliphatic carbocycles. The lowest BCUT2D eigenvalue weighted by molar-refractivity contribution is -0.127. The summed E-state index contributed by atoms with van der Waals surface area (Å²) in [6.45, 7) is 4.38. The predicted octanol–water partition coefficient (Wildman–Crippen LogP) is 3.45. The lowest BCUT2D eigenvalue weighted by Crippen LogP contribution is -2.30. The van der Waals surface area contributed by atoms with Gasteiger partial charge in [-0.15, -0.1) is 0 Å². The second-order valence-electron chi connectivity index (χ2n) is 6.62. The van der Waals surface area contributed by atoms with Crippen LogP contribution in [-0.2, 0) is 11.3 Å². The second kappa shape index (κ2) is 6.96. The summed E-state index contributed by atoms with van der Waals surface area (Å²) in [4.78, 5) is 14.7. The van der Waals surface area contributed by atoms with Gasteiger partial charge in [0, 0.05) is 11.3 Å². The first-order chi connectivity index (χ1) is 13.1. The van der Waals surface area contributed by atoms with Gasteiger partial charge < -0.3 is 5.32 Å². The third-order valence-corrected chi connectivity index (χ3v) is 5.18. The molecule has 1 aromatic heterocycles. The first-order valence-corrected chi connectivity index (χ1v) is 9.24. The highest BCUT2D eigenvalue weighted by molar-refractivity contribution is 7.80. The fourth-order valence-corrected chi connectivity index (χ4v) is 3.80. The van der Waals surface area contributed by atoms with E-state index in [0.29, 0.717) is 11.7 Å². The molecule has 2 aromatic carbocycles. The van der Waals surface area contributed by atoms with E-state index < -0.39 is 6.04 Å². The Morgan fingerprint density at radius 2 is 1.67 bits per heavy atom. The van der Waals surface area contributed by atoms with Gasteiger partial charge in [-0.3, -0.25) is 9.69 Å². The van der Waals surface area contributed by atoms with Gasteiger partial charge in [0.1, 0.15) is 6.04 Å². The van der Waals surface area contributed by atoms with Crippen LogP contribution in [0.25, 0.3) is 5.69 Å². The van der Waals surface area contributed by atoms with E-state index in [1.165, 1.54) is 0 Å². The minimum absolute atomic E-state index is 0.0392. The van der Waals surface area contributed by atoms with Crippen LogP contribution in [0.15, 0.2) is 60.7 Å². The molecule has 136 valence electrons. The van der Waals surface area contributed by atoms with Gasteiger partial charge in [0.15, 0.2) is 5.11 Å². The largest absolute Gasteiger partial charge is 0.347 e. The summed E-state index contributed by atoms with van der Waals surface area (Å²) < 4.78 is 1.88. The lowest BCUT2D eigenvalue weighted by Gasteiger charge is -2.15. The van der Waals surface area contributed by atoms with Crippen LogP contribution >= 0.6 is 12.2 Å². The number of amides is 1. The van der Waals surface area contributed by atoms with Crippen LogP contribution in [0.3, 0.4) is 0 Å². The minimum Gasteiger partial charge on any atom is -0.347 e. The van der Waals surface area contributed by atoms with Gasteiger partial charge in [0.2, 0.25) is 0 Å². The summed E-state index contributed by atoms with van der Waals surface area (Å²) in [6, 6.07) is 19.3. The molecule has 0 unspecified atom stereocenters. The topological polar surface area (TPSA) is 50.2 Å². The van der Waals surface area contributed by atoms with Crippen LogP contribution in [-0.4, -0.2) is 25.7 Å². The maximum absolute atomic E-state index is 13.1. The molecule has 1 aliphatic heterocycles. The molecule has 1 atom stereocenters. The van der Waals surface area contributed by atoms with Crippen molar-refractivity contribution < 1.29 is 4.79 Å². The van der Waals surface area contributed by atoms with Gasteiger partial charge in [-0.25, -0.2) is 4.68 Å². The van der Waals surface area contributed by atoms with Crippen LogP contribution in [0.4, 0.5) is 0 Å². The first-order valence-electron chi connectivity index (χ1n) is 8.83. The number of rotatable bonds is 4. The van der Waals surface area contributed by atoms with Crippen LogP contribution < -0.4 is 5.32 Å². The third-order valence-electron chi connectivity index (χ3n) is 4.85. The van der Waals surface area contributed by atoms with Crippen LogP contribution in [0, 0.1) is 13.8 Å². The number of para-hydroxylation sites is 1. The Bertz CT molecular complexity index is 998. The Morgan fingerprint density at radius 3 is 2.33 bits per heavy atom. The summed E-state index contributed by atoms with van der Waals surface area (Å²) in [5.74, 6) is -0.0392. The van der Waals surface area contributed by atoms with Crippen LogP contribution in [0.2, 0.25) is 0 Å². The molecule has 27 heavy (non-hydrogen) atoms. The first kappa shape index (κ1) is 17.4. The van der Waals surface area contributed by atoms with E-state index in [1.54, 1.807) is 4.90 Å². The molecular formula is C21H20N4OS. The minimum atomic E-state index is -0.501. The molecule has 1 fully saturated rings. The number of benzene rings is 2. The van der Waals surface area contributed by atoms with Crippen molar-refractivity contribution >= 4 is 23.2 Å². The molecule has 3 aromatic rings. The highest BCUT2D eigenvalue weighted by Gasteiger charge is 2.39. The van der Waals surface area contributed by atoms with Crippen molar-refractivity contribution in [2.45, 2.75) is 26.4 Å². The molecule has 0 spiro atoms. The molecule has 1 aliphatic rings. The number of nitrogens with one attached hydrogen (secondary N) is 1. The van der Waals surface area contributed by atoms with Crippen molar-refractivity contribution in [2.24, 2.45) is 0 Å². The SMILES string of the molecule is Cc1nn(-c2ccccc2)c(C)c1[C@@H]1NC(=S)N(Cc2ccccc2)C1=O. The van der Waals surface area contributed by atoms with E-state index in [9.17, 15) is 4.79 Å². The van der Waals surface area contributed by atoms with Crippen LogP contribution in [0.5, 0.6) is 0 Å². The van der Waals surface area contributed by atoms with Crippen molar-refractivity contribution in [2.75, 3.05) is 0 Å². The van der Waals surface area contributed by atoms with E-state index in [0.717, 1.165) is 28.2 Å². The molecule has 0 bridgehead atoms. The van der Waals surface area contributed by atoms with Gasteiger partial charge in [-0.1, -0.05) is 48.5 Å². The lowest BCUT2D eigenvalue weighted by atomic mass is 10.0. The number of hydrogen-bond donors (Lipinski definition) is 1. The summed E-state index contributed by atoms with van der Waals surface area (Å²) in [6.07, 6.45) is 0. The zero-order chi connectivity index (χ0) is 19.0. The van der Waals surface area contributed by atoms with Crippen molar-refractivity contribution in [3.8, 4) is 5.69 Å². The highest BCUT2D eigenvalue weighted by atomic mass is 32.1. The maximum atomic E-state index is 13.1. The second-order valence-corrected chi connectivity index (χ2v) is 7.01. The van der Waals surface area contributed by atoms with E-state index in [4.69, 9.17) is 12.2 Å². The quantitative estimate of drug-likeness (QED) is 0.709. The van der Waals surface area contributed by atoms with E-state index in [1.807, 2.05) is 79.2 Å². The molecule has 1 saturated heterocycles. The van der Waals surface area contributed by atoms with Crippen molar-refractivity contribution in [3.05, 3.63) is 83.2 Å². The molecule has 1 N–H and O–H groups in total. The summed E-state index contributed by atoms with van der Waals surface area (Å²) in [5.41, 5.74) is 4.67. The summed E-state index contributed by atoms with van der Waals surface area (Å²) >= 11 is 5.45. The smallest absolute Gasteiger partial charge is 0.256 e. The monoisotopic (exact) mass is 376 g/mol. The molecule has 0 radical (unpaired) electrons. The Labute approximate surface area is 163 Å². The van der Waals surface area contributed by atoms with Crippen molar-refractivity contribution in [1.29, 1.82) is 0 Å². The molecule has 4 rings (SSSR count). The average molecular weight is 376 g/mol. The highest BCUT2D eigenvalue weighted by Crippen LogP contribution is 2.29. The van der Waals surface area contributed by atoms with Crippen LogP contribution in [0.1, 0.15) is 28.6 Å². The van der Waals surface area contributed by atoms with Gasteiger partial charge in [0.05, 0.1) is 17.9 Å². The van der Waals surface area contributed by atoms with Crippen molar-refractivity contribution in [3.63, 3.8) is 0 Å². The molecule has 2 heterocycles.